The first kappa shape index (κ1) is 24.4. The van der Waals surface area contributed by atoms with Crippen LogP contribution in [0, 0.1) is 6.92 Å². The summed E-state index contributed by atoms with van der Waals surface area (Å²) < 4.78 is 9.58. The number of hydrogen-bond donors (Lipinski definition) is 2. The Bertz CT molecular complexity index is 830. The minimum Gasteiger partial charge on any atom is -0.459 e. The lowest BCUT2D eigenvalue weighted by molar-refractivity contribution is 0.0925. The molecule has 2 N–H and O–H groups in total. The summed E-state index contributed by atoms with van der Waals surface area (Å²) in [6, 6.07) is 1.79. The molecule has 0 bridgehead atoms. The molecule has 30 heavy (non-hydrogen) atoms. The molecule has 2 aromatic heterocycles. The number of furan rings is 1. The van der Waals surface area contributed by atoms with E-state index in [0.29, 0.717) is 12.3 Å². The van der Waals surface area contributed by atoms with Gasteiger partial charge in [0.2, 0.25) is 5.13 Å². The average Bonchev–Trinajstić information content (AvgIpc) is 3.40. The third-order valence-electron chi connectivity index (χ3n) is 4.83. The van der Waals surface area contributed by atoms with Gasteiger partial charge < -0.3 is 24.9 Å². The second kappa shape index (κ2) is 12.1. The van der Waals surface area contributed by atoms with Crippen LogP contribution in [0.3, 0.4) is 0 Å². The first-order valence-electron chi connectivity index (χ1n) is 9.97. The molecule has 0 aromatic carbocycles. The number of carbonyl (C=O) groups is 1. The molecule has 1 amide bonds. The van der Waals surface area contributed by atoms with E-state index in [-0.39, 0.29) is 29.9 Å². The second-order valence-electron chi connectivity index (χ2n) is 6.84. The molecule has 1 aliphatic rings. The SMILES string of the molecule is CCc1nsc(N2CCN(C(=NC)NCCCNC(=O)c3occc3C)CC2)n1.I. The van der Waals surface area contributed by atoms with Crippen molar-refractivity contribution in [1.82, 2.24) is 24.9 Å². The van der Waals surface area contributed by atoms with Gasteiger partial charge in [0, 0.05) is 69.8 Å². The standard InChI is InChI=1S/C19H29N7O2S.HI/c1-4-15-23-19(29-24-15)26-11-9-25(10-12-26)18(20-3)22-8-5-7-21-17(27)16-14(2)6-13-28-16;/h6,13H,4-5,7-12H2,1-3H3,(H,20,22)(H,21,27);1H. The topological polar surface area (TPSA) is 98.9 Å². The number of guanidine groups is 1. The van der Waals surface area contributed by atoms with E-state index in [9.17, 15) is 4.79 Å². The molecule has 0 spiro atoms. The summed E-state index contributed by atoms with van der Waals surface area (Å²) in [5.74, 6) is 2.02. The maximum Gasteiger partial charge on any atom is 0.287 e. The van der Waals surface area contributed by atoms with Crippen molar-refractivity contribution in [3.8, 4) is 0 Å². The van der Waals surface area contributed by atoms with Crippen molar-refractivity contribution in [3.63, 3.8) is 0 Å². The smallest absolute Gasteiger partial charge is 0.287 e. The third kappa shape index (κ3) is 6.30. The number of carbonyl (C=O) groups excluding carboxylic acids is 1. The van der Waals surface area contributed by atoms with Crippen LogP contribution in [0.25, 0.3) is 0 Å². The van der Waals surface area contributed by atoms with Crippen molar-refractivity contribution in [2.24, 2.45) is 4.99 Å². The van der Waals surface area contributed by atoms with Crippen LogP contribution in [0.4, 0.5) is 5.13 Å². The van der Waals surface area contributed by atoms with E-state index in [1.807, 2.05) is 6.92 Å². The molecule has 0 aliphatic carbocycles. The van der Waals surface area contributed by atoms with Gasteiger partial charge in [-0.15, -0.1) is 24.0 Å². The van der Waals surface area contributed by atoms with E-state index in [0.717, 1.165) is 68.0 Å². The normalized spacial score (nSPS) is 14.4. The van der Waals surface area contributed by atoms with E-state index in [2.05, 4.69) is 41.7 Å². The Morgan fingerprint density at radius 2 is 2.00 bits per heavy atom. The summed E-state index contributed by atoms with van der Waals surface area (Å²) >= 11 is 1.48. The van der Waals surface area contributed by atoms with Crippen molar-refractivity contribution in [3.05, 3.63) is 29.5 Å². The van der Waals surface area contributed by atoms with E-state index >= 15 is 0 Å². The van der Waals surface area contributed by atoms with Crippen molar-refractivity contribution in [2.45, 2.75) is 26.7 Å². The molecule has 1 saturated heterocycles. The monoisotopic (exact) mass is 547 g/mol. The highest BCUT2D eigenvalue weighted by Crippen LogP contribution is 2.19. The predicted molar refractivity (Wildman–Crippen MR) is 130 cm³/mol. The van der Waals surface area contributed by atoms with E-state index < -0.39 is 0 Å². The summed E-state index contributed by atoms with van der Waals surface area (Å²) in [6.07, 6.45) is 3.20. The number of nitrogens with one attached hydrogen (secondary N) is 2. The Labute approximate surface area is 198 Å². The number of aliphatic imine (C=N–C) groups is 1. The zero-order chi connectivity index (χ0) is 20.6. The van der Waals surface area contributed by atoms with Gasteiger partial charge in [0.15, 0.2) is 11.7 Å². The number of piperazine rings is 1. The van der Waals surface area contributed by atoms with Crippen LogP contribution in [0.15, 0.2) is 21.7 Å². The lowest BCUT2D eigenvalue weighted by atomic mass is 10.2. The van der Waals surface area contributed by atoms with Gasteiger partial charge in [-0.1, -0.05) is 6.92 Å². The van der Waals surface area contributed by atoms with Crippen LogP contribution in [-0.4, -0.2) is 72.4 Å². The van der Waals surface area contributed by atoms with Gasteiger partial charge >= 0.3 is 0 Å². The number of aromatic nitrogens is 2. The second-order valence-corrected chi connectivity index (χ2v) is 7.57. The van der Waals surface area contributed by atoms with E-state index in [1.54, 1.807) is 13.1 Å². The minimum atomic E-state index is -0.170. The molecule has 1 aliphatic heterocycles. The van der Waals surface area contributed by atoms with Crippen LogP contribution < -0.4 is 15.5 Å². The molecule has 0 radical (unpaired) electrons. The van der Waals surface area contributed by atoms with Crippen LogP contribution in [0.1, 0.15) is 35.3 Å². The lowest BCUT2D eigenvalue weighted by Crippen LogP contribution is -2.52. The Morgan fingerprint density at radius 3 is 2.60 bits per heavy atom. The molecule has 3 rings (SSSR count). The molecular formula is C19H30IN7O2S. The largest absolute Gasteiger partial charge is 0.459 e. The van der Waals surface area contributed by atoms with Crippen LogP contribution in [0.5, 0.6) is 0 Å². The maximum absolute atomic E-state index is 12.0. The highest BCUT2D eigenvalue weighted by molar-refractivity contribution is 14.0. The molecule has 0 unspecified atom stereocenters. The van der Waals surface area contributed by atoms with Crippen molar-refractivity contribution >= 4 is 52.5 Å². The highest BCUT2D eigenvalue weighted by atomic mass is 127. The Morgan fingerprint density at radius 1 is 1.27 bits per heavy atom. The molecule has 3 heterocycles. The summed E-state index contributed by atoms with van der Waals surface area (Å²) in [4.78, 5) is 25.5. The Hall–Kier alpha value is -1.89. The lowest BCUT2D eigenvalue weighted by Gasteiger charge is -2.36. The molecule has 9 nitrogen and oxygen atoms in total. The summed E-state index contributed by atoms with van der Waals surface area (Å²) in [7, 11) is 1.80. The van der Waals surface area contributed by atoms with Crippen molar-refractivity contribution in [1.29, 1.82) is 0 Å². The zero-order valence-corrected chi connectivity index (χ0v) is 20.8. The fourth-order valence-electron chi connectivity index (χ4n) is 3.13. The molecule has 0 atom stereocenters. The number of rotatable bonds is 7. The minimum absolute atomic E-state index is 0. The van der Waals surface area contributed by atoms with Crippen LogP contribution >= 0.6 is 35.5 Å². The van der Waals surface area contributed by atoms with Crippen LogP contribution in [0.2, 0.25) is 0 Å². The number of amides is 1. The highest BCUT2D eigenvalue weighted by Gasteiger charge is 2.22. The molecule has 166 valence electrons. The van der Waals surface area contributed by atoms with Gasteiger partial charge in [-0.25, -0.2) is 4.98 Å². The molecule has 2 aromatic rings. The zero-order valence-electron chi connectivity index (χ0n) is 17.7. The van der Waals surface area contributed by atoms with Gasteiger partial charge in [0.05, 0.1) is 6.26 Å². The molecular weight excluding hydrogens is 517 g/mol. The number of anilines is 1. The number of nitrogens with zero attached hydrogens (tertiary/aromatic N) is 5. The molecule has 11 heteroatoms. The quantitative estimate of drug-likeness (QED) is 0.237. The predicted octanol–water partition coefficient (Wildman–Crippen LogP) is 2.14. The summed E-state index contributed by atoms with van der Waals surface area (Å²) in [5, 5.41) is 7.27. The van der Waals surface area contributed by atoms with Gasteiger partial charge in [-0.3, -0.25) is 9.79 Å². The van der Waals surface area contributed by atoms with Gasteiger partial charge in [0.25, 0.3) is 5.91 Å². The fourth-order valence-corrected chi connectivity index (χ4v) is 3.94. The maximum atomic E-state index is 12.0. The fraction of sp³-hybridized carbons (Fsp3) is 0.579. The summed E-state index contributed by atoms with van der Waals surface area (Å²) in [6.45, 7) is 8.81. The van der Waals surface area contributed by atoms with Crippen molar-refractivity contribution < 1.29 is 9.21 Å². The number of halogens is 1. The first-order valence-corrected chi connectivity index (χ1v) is 10.7. The number of hydrogen-bond acceptors (Lipinski definition) is 7. The van der Waals surface area contributed by atoms with Gasteiger partial charge in [-0.05, 0) is 19.4 Å². The van der Waals surface area contributed by atoms with Crippen LogP contribution in [-0.2, 0) is 6.42 Å². The molecule has 1 fully saturated rings. The first-order chi connectivity index (χ1) is 14.1. The van der Waals surface area contributed by atoms with Crippen molar-refractivity contribution in [2.75, 3.05) is 51.2 Å². The summed E-state index contributed by atoms with van der Waals surface area (Å²) in [5.41, 5.74) is 0.847. The Kier molecular flexibility index (Phi) is 9.82. The average molecular weight is 547 g/mol. The molecule has 0 saturated carbocycles. The van der Waals surface area contributed by atoms with E-state index in [1.165, 1.54) is 17.8 Å². The van der Waals surface area contributed by atoms with Gasteiger partial charge in [-0.2, -0.15) is 4.37 Å². The number of aryl methyl sites for hydroxylation is 2. The van der Waals surface area contributed by atoms with E-state index in [4.69, 9.17) is 4.42 Å². The third-order valence-corrected chi connectivity index (χ3v) is 5.64. The van der Waals surface area contributed by atoms with Gasteiger partial charge in [0.1, 0.15) is 5.82 Å². The Balaban J connectivity index is 0.00000320.